The topological polar surface area (TPSA) is 66.4 Å². The van der Waals surface area contributed by atoms with Crippen LogP contribution in [-0.4, -0.2) is 28.1 Å². The number of aromatic carboxylic acids is 1. The van der Waals surface area contributed by atoms with Crippen molar-refractivity contribution in [2.45, 2.75) is 38.5 Å². The van der Waals surface area contributed by atoms with Crippen molar-refractivity contribution in [1.29, 1.82) is 0 Å². The van der Waals surface area contributed by atoms with E-state index in [0.29, 0.717) is 4.90 Å². The number of carboxylic acids is 1. The van der Waals surface area contributed by atoms with Crippen LogP contribution in [0, 0.1) is 13.8 Å². The van der Waals surface area contributed by atoms with Crippen LogP contribution in [0.2, 0.25) is 0 Å². The highest BCUT2D eigenvalue weighted by Crippen LogP contribution is 2.36. The highest BCUT2D eigenvalue weighted by Gasteiger charge is 2.18. The molecule has 134 valence electrons. The Morgan fingerprint density at radius 3 is 2.28 bits per heavy atom. The molecule has 25 heavy (non-hydrogen) atoms. The molecule has 1 unspecified atom stereocenters. The van der Waals surface area contributed by atoms with E-state index in [-0.39, 0.29) is 5.56 Å². The number of carbonyl (C=O) groups is 1. The second-order valence-corrected chi connectivity index (χ2v) is 7.66. The first kappa shape index (κ1) is 19.2. The van der Waals surface area contributed by atoms with Crippen LogP contribution >= 0.6 is 0 Å². The molecule has 0 amide bonds. The zero-order valence-corrected chi connectivity index (χ0v) is 16.0. The Morgan fingerprint density at radius 2 is 1.76 bits per heavy atom. The largest absolute Gasteiger partial charge is 0.478 e. The summed E-state index contributed by atoms with van der Waals surface area (Å²) in [5.41, 5.74) is 4.89. The number of benzene rings is 2. The summed E-state index contributed by atoms with van der Waals surface area (Å²) in [5, 5.41) is 12.8. The Bertz CT molecular complexity index is 795. The molecule has 0 aliphatic rings. The normalized spacial score (nSPS) is 12.0. The summed E-state index contributed by atoms with van der Waals surface area (Å²) in [6.07, 6.45) is 3.61. The third-order valence-electron chi connectivity index (χ3n) is 4.01. The van der Waals surface area contributed by atoms with Crippen molar-refractivity contribution in [3.05, 3.63) is 47.0 Å². The van der Waals surface area contributed by atoms with E-state index in [2.05, 4.69) is 18.3 Å². The fourth-order valence-electron chi connectivity index (χ4n) is 2.92. The van der Waals surface area contributed by atoms with Gasteiger partial charge in [-0.25, -0.2) is 4.79 Å². The molecule has 0 radical (unpaired) electrons. The molecule has 2 N–H and O–H groups in total. The number of aryl methyl sites for hydroxylation is 2. The molecule has 0 fully saturated rings. The van der Waals surface area contributed by atoms with E-state index in [9.17, 15) is 14.1 Å². The monoisotopic (exact) mass is 359 g/mol. The van der Waals surface area contributed by atoms with Crippen molar-refractivity contribution >= 4 is 22.5 Å². The minimum atomic E-state index is -1.30. The predicted octanol–water partition coefficient (Wildman–Crippen LogP) is 4.62. The van der Waals surface area contributed by atoms with Crippen LogP contribution in [0.25, 0.3) is 11.1 Å². The number of hydrogen-bond donors (Lipinski definition) is 2. The summed E-state index contributed by atoms with van der Waals surface area (Å²) in [7, 11) is -1.30. The fraction of sp³-hybridized carbons (Fsp3) is 0.350. The molecule has 0 aromatic heterocycles. The highest BCUT2D eigenvalue weighted by atomic mass is 32.2. The quantitative estimate of drug-likeness (QED) is 0.708. The Labute approximate surface area is 151 Å². The van der Waals surface area contributed by atoms with Crippen LogP contribution in [0.1, 0.15) is 41.3 Å². The molecular weight excluding hydrogens is 334 g/mol. The first-order valence-electron chi connectivity index (χ1n) is 8.40. The van der Waals surface area contributed by atoms with Gasteiger partial charge < -0.3 is 10.4 Å². The van der Waals surface area contributed by atoms with E-state index >= 15 is 0 Å². The Morgan fingerprint density at radius 1 is 1.12 bits per heavy atom. The van der Waals surface area contributed by atoms with E-state index in [4.69, 9.17) is 0 Å². The number of anilines is 1. The van der Waals surface area contributed by atoms with Crippen LogP contribution in [0.5, 0.6) is 0 Å². The van der Waals surface area contributed by atoms with Crippen molar-refractivity contribution in [2.24, 2.45) is 0 Å². The van der Waals surface area contributed by atoms with Crippen molar-refractivity contribution in [3.63, 3.8) is 0 Å². The number of carboxylic acid groups (broad SMARTS) is 1. The first-order valence-corrected chi connectivity index (χ1v) is 9.96. The molecule has 2 aromatic rings. The third-order valence-corrected chi connectivity index (χ3v) is 4.96. The van der Waals surface area contributed by atoms with Gasteiger partial charge in [-0.2, -0.15) is 0 Å². The molecule has 0 aliphatic carbocycles. The molecule has 0 saturated carbocycles. The molecular formula is C20H25NO3S. The number of rotatable bonds is 7. The lowest BCUT2D eigenvalue weighted by atomic mass is 9.97. The SMILES string of the molecule is CCCCNc1cc(C(=O)O)cc(S(C)=O)c1-c1cc(C)cc(C)c1. The van der Waals surface area contributed by atoms with Gasteiger partial charge in [0.05, 0.1) is 16.4 Å². The summed E-state index contributed by atoms with van der Waals surface area (Å²) in [5.74, 6) is -1.02. The number of unbranched alkanes of at least 4 members (excludes halogenated alkanes) is 1. The fourth-order valence-corrected chi connectivity index (χ4v) is 3.73. The third kappa shape index (κ3) is 4.69. The highest BCUT2D eigenvalue weighted by molar-refractivity contribution is 7.84. The number of hydrogen-bond acceptors (Lipinski definition) is 3. The maximum absolute atomic E-state index is 12.4. The van der Waals surface area contributed by atoms with Gasteiger partial charge in [0.1, 0.15) is 0 Å². The van der Waals surface area contributed by atoms with Crippen LogP contribution in [0.4, 0.5) is 5.69 Å². The van der Waals surface area contributed by atoms with Gasteiger partial charge in [-0.1, -0.05) is 42.7 Å². The standard InChI is InChI=1S/C20H25NO3S/c1-5-6-7-21-17-11-16(20(22)23)12-18(25(4)24)19(17)15-9-13(2)8-14(3)10-15/h8-12,21H,5-7H2,1-4H3,(H,22,23). The molecule has 0 bridgehead atoms. The zero-order valence-electron chi connectivity index (χ0n) is 15.2. The second-order valence-electron chi connectivity index (χ2n) is 6.31. The molecule has 2 rings (SSSR count). The molecule has 0 heterocycles. The van der Waals surface area contributed by atoms with E-state index in [1.165, 1.54) is 6.07 Å². The summed E-state index contributed by atoms with van der Waals surface area (Å²) in [6, 6.07) is 9.34. The van der Waals surface area contributed by atoms with Gasteiger partial charge in [0, 0.05) is 28.9 Å². The minimum Gasteiger partial charge on any atom is -0.478 e. The lowest BCUT2D eigenvalue weighted by molar-refractivity contribution is 0.0696. The van der Waals surface area contributed by atoms with Crippen LogP contribution in [0.15, 0.2) is 35.2 Å². The second kappa shape index (κ2) is 8.30. The average Bonchev–Trinajstić information content (AvgIpc) is 2.53. The van der Waals surface area contributed by atoms with Gasteiger partial charge in [-0.15, -0.1) is 0 Å². The lowest BCUT2D eigenvalue weighted by Gasteiger charge is -2.18. The summed E-state index contributed by atoms with van der Waals surface area (Å²) in [4.78, 5) is 12.0. The Balaban J connectivity index is 2.72. The van der Waals surface area contributed by atoms with Crippen molar-refractivity contribution < 1.29 is 14.1 Å². The smallest absolute Gasteiger partial charge is 0.335 e. The Kier molecular flexibility index (Phi) is 6.37. The van der Waals surface area contributed by atoms with Gasteiger partial charge in [0.15, 0.2) is 0 Å². The van der Waals surface area contributed by atoms with Crippen molar-refractivity contribution in [2.75, 3.05) is 18.1 Å². The summed E-state index contributed by atoms with van der Waals surface area (Å²) < 4.78 is 12.4. The molecule has 5 heteroatoms. The Hall–Kier alpha value is -2.14. The summed E-state index contributed by atoms with van der Waals surface area (Å²) >= 11 is 0. The van der Waals surface area contributed by atoms with Gasteiger partial charge in [-0.3, -0.25) is 4.21 Å². The maximum atomic E-state index is 12.4. The lowest BCUT2D eigenvalue weighted by Crippen LogP contribution is -2.08. The minimum absolute atomic E-state index is 0.150. The van der Waals surface area contributed by atoms with E-state index in [1.807, 2.05) is 26.0 Å². The van der Waals surface area contributed by atoms with Gasteiger partial charge >= 0.3 is 5.97 Å². The van der Waals surface area contributed by atoms with E-state index in [0.717, 1.165) is 47.3 Å². The van der Waals surface area contributed by atoms with Crippen LogP contribution < -0.4 is 5.32 Å². The average molecular weight is 359 g/mol. The van der Waals surface area contributed by atoms with Crippen LogP contribution in [0.3, 0.4) is 0 Å². The summed E-state index contributed by atoms with van der Waals surface area (Å²) in [6.45, 7) is 6.89. The first-order chi connectivity index (χ1) is 11.8. The number of nitrogens with one attached hydrogen (secondary N) is 1. The maximum Gasteiger partial charge on any atom is 0.335 e. The van der Waals surface area contributed by atoms with E-state index < -0.39 is 16.8 Å². The van der Waals surface area contributed by atoms with Crippen LogP contribution in [-0.2, 0) is 10.8 Å². The molecule has 1 atom stereocenters. The molecule has 0 spiro atoms. The molecule has 0 aliphatic heterocycles. The zero-order chi connectivity index (χ0) is 18.6. The predicted molar refractivity (Wildman–Crippen MR) is 104 cm³/mol. The van der Waals surface area contributed by atoms with Crippen molar-refractivity contribution in [1.82, 2.24) is 0 Å². The molecule has 0 saturated heterocycles. The van der Waals surface area contributed by atoms with Gasteiger partial charge in [0.2, 0.25) is 0 Å². The van der Waals surface area contributed by atoms with E-state index in [1.54, 1.807) is 12.3 Å². The van der Waals surface area contributed by atoms with Gasteiger partial charge in [0.25, 0.3) is 0 Å². The van der Waals surface area contributed by atoms with Gasteiger partial charge in [-0.05, 0) is 38.0 Å². The van der Waals surface area contributed by atoms with Crippen molar-refractivity contribution in [3.8, 4) is 11.1 Å². The molecule has 2 aromatic carbocycles. The molecule has 4 nitrogen and oxygen atoms in total.